The van der Waals surface area contributed by atoms with Crippen molar-refractivity contribution in [3.63, 3.8) is 0 Å². The summed E-state index contributed by atoms with van der Waals surface area (Å²) in [5, 5.41) is 14.1. The average Bonchev–Trinajstić information content (AvgIpc) is 2.67. The minimum absolute atomic E-state index is 0.184. The molecule has 2 aromatic carbocycles. The molecule has 0 radical (unpaired) electrons. The molecule has 0 aliphatic rings. The summed E-state index contributed by atoms with van der Waals surface area (Å²) in [6.45, 7) is 0.494. The topological polar surface area (TPSA) is 70.0 Å². The van der Waals surface area contributed by atoms with Crippen LogP contribution in [0.5, 0.6) is 5.75 Å². The SMILES string of the molecule is COc1ccccc1CNC(=N)Nc1cccc(-c2ccccc2)n1. The standard InChI is InChI=1S/C20H20N4O/c1-25-18-12-6-5-10-16(18)14-22-20(21)24-19-13-7-11-17(23-19)15-8-3-2-4-9-15/h2-13H,14H2,1H3,(H3,21,22,23,24). The van der Waals surface area contributed by atoms with Gasteiger partial charge in [-0.2, -0.15) is 0 Å². The lowest BCUT2D eigenvalue weighted by Crippen LogP contribution is -2.29. The third-order valence-corrected chi connectivity index (χ3v) is 3.72. The van der Waals surface area contributed by atoms with E-state index in [1.165, 1.54) is 0 Å². The van der Waals surface area contributed by atoms with E-state index < -0.39 is 0 Å². The van der Waals surface area contributed by atoms with E-state index in [1.54, 1.807) is 7.11 Å². The van der Waals surface area contributed by atoms with E-state index in [0.29, 0.717) is 12.4 Å². The zero-order valence-corrected chi connectivity index (χ0v) is 14.0. The largest absolute Gasteiger partial charge is 0.496 e. The maximum absolute atomic E-state index is 8.08. The second-order valence-electron chi connectivity index (χ2n) is 5.44. The zero-order chi connectivity index (χ0) is 17.5. The van der Waals surface area contributed by atoms with Gasteiger partial charge in [-0.25, -0.2) is 4.98 Å². The summed E-state index contributed by atoms with van der Waals surface area (Å²) >= 11 is 0. The Hall–Kier alpha value is -3.34. The average molecular weight is 332 g/mol. The van der Waals surface area contributed by atoms with Crippen LogP contribution in [0.15, 0.2) is 72.8 Å². The molecular formula is C20H20N4O. The normalized spacial score (nSPS) is 10.1. The van der Waals surface area contributed by atoms with Gasteiger partial charge in [-0.15, -0.1) is 0 Å². The van der Waals surface area contributed by atoms with Gasteiger partial charge < -0.3 is 15.4 Å². The minimum atomic E-state index is 0.184. The number of rotatable bonds is 5. The van der Waals surface area contributed by atoms with Crippen LogP contribution in [-0.2, 0) is 6.54 Å². The number of guanidine groups is 1. The lowest BCUT2D eigenvalue weighted by atomic mass is 10.1. The highest BCUT2D eigenvalue weighted by Gasteiger charge is 2.05. The van der Waals surface area contributed by atoms with Gasteiger partial charge in [-0.05, 0) is 18.2 Å². The molecule has 1 heterocycles. The Morgan fingerprint density at radius 2 is 1.72 bits per heavy atom. The van der Waals surface area contributed by atoms with Crippen molar-refractivity contribution in [2.45, 2.75) is 6.54 Å². The van der Waals surface area contributed by atoms with Crippen molar-refractivity contribution in [2.75, 3.05) is 12.4 Å². The molecule has 0 saturated heterocycles. The molecule has 0 amide bonds. The number of ether oxygens (including phenoxy) is 1. The molecule has 0 aliphatic heterocycles. The zero-order valence-electron chi connectivity index (χ0n) is 14.0. The molecule has 0 spiro atoms. The van der Waals surface area contributed by atoms with Crippen LogP contribution in [0.3, 0.4) is 0 Å². The van der Waals surface area contributed by atoms with Crippen molar-refractivity contribution in [3.05, 3.63) is 78.4 Å². The Morgan fingerprint density at radius 3 is 2.52 bits per heavy atom. The fourth-order valence-corrected chi connectivity index (χ4v) is 2.48. The van der Waals surface area contributed by atoms with Gasteiger partial charge in [0, 0.05) is 17.7 Å². The molecule has 3 aromatic rings. The van der Waals surface area contributed by atoms with Gasteiger partial charge >= 0.3 is 0 Å². The molecule has 3 N–H and O–H groups in total. The van der Waals surface area contributed by atoms with E-state index in [9.17, 15) is 0 Å². The highest BCUT2D eigenvalue weighted by molar-refractivity contribution is 5.90. The van der Waals surface area contributed by atoms with Gasteiger partial charge in [0.05, 0.1) is 12.8 Å². The van der Waals surface area contributed by atoms with Gasteiger partial charge in [-0.3, -0.25) is 5.41 Å². The lowest BCUT2D eigenvalue weighted by Gasteiger charge is -2.12. The summed E-state index contributed by atoms with van der Waals surface area (Å²) in [4.78, 5) is 4.56. The quantitative estimate of drug-likeness (QED) is 0.490. The second-order valence-corrected chi connectivity index (χ2v) is 5.44. The fourth-order valence-electron chi connectivity index (χ4n) is 2.48. The smallest absolute Gasteiger partial charge is 0.194 e. The number of hydrogen-bond donors (Lipinski definition) is 3. The third kappa shape index (κ3) is 4.35. The molecule has 1 aromatic heterocycles. The Kier molecular flexibility index (Phi) is 5.26. The highest BCUT2D eigenvalue weighted by atomic mass is 16.5. The highest BCUT2D eigenvalue weighted by Crippen LogP contribution is 2.18. The number of aromatic nitrogens is 1. The van der Waals surface area contributed by atoms with Crippen molar-refractivity contribution in [1.29, 1.82) is 5.41 Å². The maximum Gasteiger partial charge on any atom is 0.194 e. The van der Waals surface area contributed by atoms with Gasteiger partial charge in [0.15, 0.2) is 5.96 Å². The number of nitrogens with one attached hydrogen (secondary N) is 3. The Balaban J connectivity index is 1.63. The lowest BCUT2D eigenvalue weighted by molar-refractivity contribution is 0.409. The van der Waals surface area contributed by atoms with Gasteiger partial charge in [-0.1, -0.05) is 54.6 Å². The Bertz CT molecular complexity index is 849. The number of pyridine rings is 1. The Morgan fingerprint density at radius 1 is 0.960 bits per heavy atom. The molecule has 0 atom stereocenters. The van der Waals surface area contributed by atoms with E-state index in [0.717, 1.165) is 22.6 Å². The van der Waals surface area contributed by atoms with Crippen LogP contribution in [0.2, 0.25) is 0 Å². The molecule has 0 unspecified atom stereocenters. The van der Waals surface area contributed by atoms with Crippen LogP contribution in [-0.4, -0.2) is 18.1 Å². The molecule has 0 saturated carbocycles. The molecule has 3 rings (SSSR count). The van der Waals surface area contributed by atoms with Crippen molar-refractivity contribution < 1.29 is 4.74 Å². The van der Waals surface area contributed by atoms with E-state index in [2.05, 4.69) is 15.6 Å². The molecule has 0 aliphatic carbocycles. The summed E-state index contributed by atoms with van der Waals surface area (Å²) in [6, 6.07) is 23.4. The number of benzene rings is 2. The van der Waals surface area contributed by atoms with E-state index in [-0.39, 0.29) is 5.96 Å². The molecule has 0 fully saturated rings. The third-order valence-electron chi connectivity index (χ3n) is 3.72. The summed E-state index contributed by atoms with van der Waals surface area (Å²) in [5.74, 6) is 1.61. The predicted molar refractivity (Wildman–Crippen MR) is 101 cm³/mol. The van der Waals surface area contributed by atoms with Crippen LogP contribution in [0.1, 0.15) is 5.56 Å². The first kappa shape index (κ1) is 16.5. The molecule has 126 valence electrons. The van der Waals surface area contributed by atoms with Crippen molar-refractivity contribution in [3.8, 4) is 17.0 Å². The van der Waals surface area contributed by atoms with Gasteiger partial charge in [0.25, 0.3) is 0 Å². The first-order chi connectivity index (χ1) is 12.3. The first-order valence-electron chi connectivity index (χ1n) is 8.00. The second kappa shape index (κ2) is 7.97. The summed E-state index contributed by atoms with van der Waals surface area (Å²) < 4.78 is 5.32. The number of para-hydroxylation sites is 1. The van der Waals surface area contributed by atoms with Gasteiger partial charge in [0.1, 0.15) is 11.6 Å². The maximum atomic E-state index is 8.08. The molecular weight excluding hydrogens is 312 g/mol. The monoisotopic (exact) mass is 332 g/mol. The molecule has 25 heavy (non-hydrogen) atoms. The van der Waals surface area contributed by atoms with Crippen molar-refractivity contribution in [1.82, 2.24) is 10.3 Å². The van der Waals surface area contributed by atoms with Crippen LogP contribution >= 0.6 is 0 Å². The summed E-state index contributed by atoms with van der Waals surface area (Å²) in [7, 11) is 1.64. The minimum Gasteiger partial charge on any atom is -0.496 e. The van der Waals surface area contributed by atoms with Crippen LogP contribution in [0.4, 0.5) is 5.82 Å². The Labute approximate surface area is 147 Å². The number of anilines is 1. The van der Waals surface area contributed by atoms with E-state index >= 15 is 0 Å². The summed E-state index contributed by atoms with van der Waals surface area (Å²) in [5.41, 5.74) is 2.89. The van der Waals surface area contributed by atoms with Gasteiger partial charge in [0.2, 0.25) is 0 Å². The van der Waals surface area contributed by atoms with Crippen LogP contribution in [0.25, 0.3) is 11.3 Å². The molecule has 0 bridgehead atoms. The number of hydrogen-bond acceptors (Lipinski definition) is 3. The number of methoxy groups -OCH3 is 1. The number of nitrogens with zero attached hydrogens (tertiary/aromatic N) is 1. The molecule has 5 nitrogen and oxygen atoms in total. The van der Waals surface area contributed by atoms with Crippen molar-refractivity contribution >= 4 is 11.8 Å². The summed E-state index contributed by atoms with van der Waals surface area (Å²) in [6.07, 6.45) is 0. The van der Waals surface area contributed by atoms with Crippen LogP contribution < -0.4 is 15.4 Å². The van der Waals surface area contributed by atoms with E-state index in [4.69, 9.17) is 10.1 Å². The van der Waals surface area contributed by atoms with Crippen LogP contribution in [0, 0.1) is 5.41 Å². The first-order valence-corrected chi connectivity index (χ1v) is 8.00. The predicted octanol–water partition coefficient (Wildman–Crippen LogP) is 3.89. The van der Waals surface area contributed by atoms with E-state index in [1.807, 2.05) is 72.8 Å². The van der Waals surface area contributed by atoms with Crippen molar-refractivity contribution in [2.24, 2.45) is 0 Å². The fraction of sp³-hybridized carbons (Fsp3) is 0.100. The molecule has 5 heteroatoms.